The van der Waals surface area contributed by atoms with E-state index in [2.05, 4.69) is 15.0 Å². The van der Waals surface area contributed by atoms with Gasteiger partial charge in [0.1, 0.15) is 5.82 Å². The lowest BCUT2D eigenvalue weighted by atomic mass is 10.2. The van der Waals surface area contributed by atoms with Crippen LogP contribution >= 0.6 is 0 Å². The van der Waals surface area contributed by atoms with Crippen LogP contribution in [0.2, 0.25) is 0 Å². The Kier molecular flexibility index (Phi) is 2.78. The first-order chi connectivity index (χ1) is 7.31. The summed E-state index contributed by atoms with van der Waals surface area (Å²) in [4.78, 5) is 11.6. The van der Waals surface area contributed by atoms with Crippen LogP contribution in [-0.2, 0) is 6.42 Å². The number of nitrogens with zero attached hydrogens (tertiary/aromatic N) is 2. The Labute approximate surface area is 88.0 Å². The summed E-state index contributed by atoms with van der Waals surface area (Å²) in [5.74, 6) is 0.832. The highest BCUT2D eigenvalue weighted by Crippen LogP contribution is 2.16. The molecule has 0 saturated heterocycles. The molecule has 2 aromatic heterocycles. The SMILES string of the molecule is Cc1[nH]c(-c2ccncc2)nc1CCO. The average Bonchev–Trinajstić information content (AvgIpc) is 2.63. The van der Waals surface area contributed by atoms with Gasteiger partial charge in [-0.2, -0.15) is 0 Å². The molecule has 0 aliphatic rings. The molecule has 0 fully saturated rings. The number of aromatic amines is 1. The first-order valence-electron chi connectivity index (χ1n) is 4.88. The fourth-order valence-corrected chi connectivity index (χ4v) is 1.49. The lowest BCUT2D eigenvalue weighted by Crippen LogP contribution is -1.92. The second-order valence-corrected chi connectivity index (χ2v) is 3.37. The lowest BCUT2D eigenvalue weighted by molar-refractivity contribution is 0.298. The Balaban J connectivity index is 2.34. The number of pyridine rings is 1. The third-order valence-electron chi connectivity index (χ3n) is 2.29. The van der Waals surface area contributed by atoms with Gasteiger partial charge in [0.15, 0.2) is 0 Å². The minimum absolute atomic E-state index is 0.126. The molecule has 78 valence electrons. The fraction of sp³-hybridized carbons (Fsp3) is 0.273. The van der Waals surface area contributed by atoms with Gasteiger partial charge in [-0.1, -0.05) is 0 Å². The van der Waals surface area contributed by atoms with Crippen molar-refractivity contribution >= 4 is 0 Å². The molecule has 15 heavy (non-hydrogen) atoms. The summed E-state index contributed by atoms with van der Waals surface area (Å²) in [5, 5.41) is 8.86. The van der Waals surface area contributed by atoms with Gasteiger partial charge in [0.25, 0.3) is 0 Å². The predicted octanol–water partition coefficient (Wildman–Crippen LogP) is 1.31. The van der Waals surface area contributed by atoms with Gasteiger partial charge in [0, 0.05) is 36.7 Å². The Morgan fingerprint density at radius 3 is 2.73 bits per heavy atom. The van der Waals surface area contributed by atoms with E-state index in [0.717, 1.165) is 22.8 Å². The molecule has 0 aromatic carbocycles. The minimum Gasteiger partial charge on any atom is -0.396 e. The zero-order valence-electron chi connectivity index (χ0n) is 8.57. The van der Waals surface area contributed by atoms with Gasteiger partial charge in [0.2, 0.25) is 0 Å². The molecule has 0 spiro atoms. The smallest absolute Gasteiger partial charge is 0.137 e. The number of hydrogen-bond donors (Lipinski definition) is 2. The van der Waals surface area contributed by atoms with Gasteiger partial charge in [-0.3, -0.25) is 4.98 Å². The van der Waals surface area contributed by atoms with Crippen molar-refractivity contribution in [3.05, 3.63) is 35.9 Å². The first kappa shape index (κ1) is 9.86. The van der Waals surface area contributed by atoms with Crippen molar-refractivity contribution in [1.29, 1.82) is 0 Å². The van der Waals surface area contributed by atoms with Crippen molar-refractivity contribution in [3.8, 4) is 11.4 Å². The Morgan fingerprint density at radius 1 is 1.33 bits per heavy atom. The molecule has 0 bridgehead atoms. The molecule has 2 rings (SSSR count). The highest BCUT2D eigenvalue weighted by molar-refractivity contribution is 5.54. The van der Waals surface area contributed by atoms with Crippen LogP contribution in [0.5, 0.6) is 0 Å². The average molecular weight is 203 g/mol. The second-order valence-electron chi connectivity index (χ2n) is 3.37. The molecule has 0 aliphatic carbocycles. The van der Waals surface area contributed by atoms with Gasteiger partial charge in [-0.25, -0.2) is 4.98 Å². The van der Waals surface area contributed by atoms with Gasteiger partial charge in [0.05, 0.1) is 5.69 Å². The van der Waals surface area contributed by atoms with Gasteiger partial charge in [-0.05, 0) is 19.1 Å². The van der Waals surface area contributed by atoms with Crippen molar-refractivity contribution in [1.82, 2.24) is 15.0 Å². The molecule has 0 unspecified atom stereocenters. The molecular weight excluding hydrogens is 190 g/mol. The molecular formula is C11H13N3O. The number of imidazole rings is 1. The van der Waals surface area contributed by atoms with Crippen LogP contribution in [0.3, 0.4) is 0 Å². The molecule has 2 heterocycles. The standard InChI is InChI=1S/C11H13N3O/c1-8-10(4-7-15)14-11(13-8)9-2-5-12-6-3-9/h2-3,5-6,15H,4,7H2,1H3,(H,13,14). The van der Waals surface area contributed by atoms with E-state index in [0.29, 0.717) is 6.42 Å². The molecule has 0 radical (unpaired) electrons. The quantitative estimate of drug-likeness (QED) is 0.790. The number of H-pyrrole nitrogens is 1. The van der Waals surface area contributed by atoms with Crippen molar-refractivity contribution < 1.29 is 5.11 Å². The molecule has 0 saturated carbocycles. The molecule has 0 amide bonds. The summed E-state index contributed by atoms with van der Waals surface area (Å²) in [6.07, 6.45) is 4.06. The highest BCUT2D eigenvalue weighted by Gasteiger charge is 2.07. The van der Waals surface area contributed by atoms with E-state index >= 15 is 0 Å². The second kappa shape index (κ2) is 4.23. The normalized spacial score (nSPS) is 10.5. The monoisotopic (exact) mass is 203 g/mol. The summed E-state index contributed by atoms with van der Waals surface area (Å²) in [7, 11) is 0. The van der Waals surface area contributed by atoms with Crippen molar-refractivity contribution in [2.45, 2.75) is 13.3 Å². The fourth-order valence-electron chi connectivity index (χ4n) is 1.49. The Bertz CT molecular complexity index is 436. The van der Waals surface area contributed by atoms with Crippen LogP contribution in [-0.4, -0.2) is 26.7 Å². The lowest BCUT2D eigenvalue weighted by Gasteiger charge is -1.93. The zero-order valence-corrected chi connectivity index (χ0v) is 8.57. The maximum Gasteiger partial charge on any atom is 0.137 e. The number of aliphatic hydroxyl groups is 1. The van der Waals surface area contributed by atoms with E-state index in [1.807, 2.05) is 19.1 Å². The number of aliphatic hydroxyl groups excluding tert-OH is 1. The number of aromatic nitrogens is 3. The molecule has 0 atom stereocenters. The summed E-state index contributed by atoms with van der Waals surface area (Å²) < 4.78 is 0. The summed E-state index contributed by atoms with van der Waals surface area (Å²) >= 11 is 0. The van der Waals surface area contributed by atoms with Crippen LogP contribution in [0, 0.1) is 6.92 Å². The van der Waals surface area contributed by atoms with Crippen LogP contribution in [0.4, 0.5) is 0 Å². The third kappa shape index (κ3) is 2.05. The summed E-state index contributed by atoms with van der Waals surface area (Å²) in [5.41, 5.74) is 2.94. The van der Waals surface area contributed by atoms with Gasteiger partial charge in [-0.15, -0.1) is 0 Å². The first-order valence-corrected chi connectivity index (χ1v) is 4.88. The maximum absolute atomic E-state index is 8.86. The van der Waals surface area contributed by atoms with Crippen molar-refractivity contribution in [2.75, 3.05) is 6.61 Å². The van der Waals surface area contributed by atoms with Gasteiger partial charge < -0.3 is 10.1 Å². The molecule has 2 N–H and O–H groups in total. The third-order valence-corrected chi connectivity index (χ3v) is 2.29. The van der Waals surface area contributed by atoms with E-state index in [-0.39, 0.29) is 6.61 Å². The topological polar surface area (TPSA) is 61.8 Å². The highest BCUT2D eigenvalue weighted by atomic mass is 16.3. The van der Waals surface area contributed by atoms with E-state index in [9.17, 15) is 0 Å². The van der Waals surface area contributed by atoms with Crippen LogP contribution in [0.1, 0.15) is 11.4 Å². The van der Waals surface area contributed by atoms with Gasteiger partial charge >= 0.3 is 0 Å². The van der Waals surface area contributed by atoms with E-state index in [4.69, 9.17) is 5.11 Å². The van der Waals surface area contributed by atoms with E-state index < -0.39 is 0 Å². The predicted molar refractivity (Wildman–Crippen MR) is 57.3 cm³/mol. The van der Waals surface area contributed by atoms with Crippen LogP contribution in [0.25, 0.3) is 11.4 Å². The van der Waals surface area contributed by atoms with E-state index in [1.54, 1.807) is 12.4 Å². The zero-order chi connectivity index (χ0) is 10.7. The van der Waals surface area contributed by atoms with Crippen LogP contribution in [0.15, 0.2) is 24.5 Å². The maximum atomic E-state index is 8.86. The minimum atomic E-state index is 0.126. The number of hydrogen-bond acceptors (Lipinski definition) is 3. The molecule has 0 aliphatic heterocycles. The number of aryl methyl sites for hydroxylation is 1. The van der Waals surface area contributed by atoms with Crippen molar-refractivity contribution in [2.24, 2.45) is 0 Å². The summed E-state index contributed by atoms with van der Waals surface area (Å²) in [6, 6.07) is 3.81. The summed E-state index contributed by atoms with van der Waals surface area (Å²) in [6.45, 7) is 2.09. The Morgan fingerprint density at radius 2 is 2.07 bits per heavy atom. The van der Waals surface area contributed by atoms with Crippen molar-refractivity contribution in [3.63, 3.8) is 0 Å². The molecule has 4 nitrogen and oxygen atoms in total. The largest absolute Gasteiger partial charge is 0.396 e. The Hall–Kier alpha value is -1.68. The number of rotatable bonds is 3. The van der Waals surface area contributed by atoms with E-state index in [1.165, 1.54) is 0 Å². The van der Waals surface area contributed by atoms with Crippen LogP contribution < -0.4 is 0 Å². The molecule has 4 heteroatoms. The molecule has 2 aromatic rings. The number of nitrogens with one attached hydrogen (secondary N) is 1.